The summed E-state index contributed by atoms with van der Waals surface area (Å²) in [5, 5.41) is 5.47. The average molecular weight is 361 g/mol. The summed E-state index contributed by atoms with van der Waals surface area (Å²) in [6.07, 6.45) is 13.8. The van der Waals surface area contributed by atoms with Crippen molar-refractivity contribution in [2.45, 2.75) is 25.7 Å². The molecule has 0 bridgehead atoms. The van der Waals surface area contributed by atoms with Gasteiger partial charge in [-0.2, -0.15) is 0 Å². The Morgan fingerprint density at radius 1 is 0.464 bits per heavy atom. The Morgan fingerprint density at radius 2 is 0.929 bits per heavy atom. The van der Waals surface area contributed by atoms with Gasteiger partial charge in [0.05, 0.1) is 0 Å². The molecule has 0 atom stereocenters. The molecule has 0 saturated carbocycles. The third-order valence-electron chi connectivity index (χ3n) is 5.85. The lowest BCUT2D eigenvalue weighted by molar-refractivity contribution is 0.990. The fourth-order valence-electron chi connectivity index (χ4n) is 4.39. The number of fused-ring (bicyclic) bond motifs is 6. The second-order valence-electron chi connectivity index (χ2n) is 7.60. The summed E-state index contributed by atoms with van der Waals surface area (Å²) in [4.78, 5) is 0. The Morgan fingerprint density at radius 3 is 1.43 bits per heavy atom. The van der Waals surface area contributed by atoms with Crippen molar-refractivity contribution in [1.82, 2.24) is 0 Å². The van der Waals surface area contributed by atoms with Crippen molar-refractivity contribution in [3.63, 3.8) is 0 Å². The maximum atomic E-state index is 2.27. The van der Waals surface area contributed by atoms with E-state index in [-0.39, 0.29) is 0 Å². The summed E-state index contributed by atoms with van der Waals surface area (Å²) in [5.74, 6) is 0. The van der Waals surface area contributed by atoms with E-state index < -0.39 is 0 Å². The van der Waals surface area contributed by atoms with Gasteiger partial charge in [-0.05, 0) is 69.5 Å². The highest BCUT2D eigenvalue weighted by atomic mass is 14.1. The Labute approximate surface area is 166 Å². The van der Waals surface area contributed by atoms with Crippen molar-refractivity contribution < 1.29 is 0 Å². The van der Waals surface area contributed by atoms with Crippen LogP contribution in [-0.2, 0) is 12.8 Å². The van der Waals surface area contributed by atoms with E-state index >= 15 is 0 Å². The molecule has 0 heteroatoms. The first-order valence-corrected chi connectivity index (χ1v) is 10.2. The molecule has 0 amide bonds. The van der Waals surface area contributed by atoms with Crippen LogP contribution in [-0.4, -0.2) is 0 Å². The molecule has 4 aromatic rings. The lowest BCUT2D eigenvalue weighted by Gasteiger charge is -2.12. The molecule has 0 fully saturated rings. The predicted octanol–water partition coefficient (Wildman–Crippen LogP) is 7.60. The van der Waals surface area contributed by atoms with Crippen LogP contribution in [0, 0.1) is 0 Å². The lowest BCUT2D eigenvalue weighted by Crippen LogP contribution is -1.94. The first-order valence-electron chi connectivity index (χ1n) is 10.2. The van der Waals surface area contributed by atoms with Crippen molar-refractivity contribution in [3.8, 4) is 0 Å². The minimum Gasteiger partial charge on any atom is -0.0836 e. The Bertz CT molecular complexity index is 1110. The van der Waals surface area contributed by atoms with Gasteiger partial charge in [-0.25, -0.2) is 0 Å². The minimum atomic E-state index is 1.19. The van der Waals surface area contributed by atoms with E-state index in [2.05, 4.69) is 97.1 Å². The van der Waals surface area contributed by atoms with E-state index in [1.165, 1.54) is 69.5 Å². The number of hydrogen-bond donors (Lipinski definition) is 0. The van der Waals surface area contributed by atoms with Crippen LogP contribution in [0.3, 0.4) is 0 Å². The average Bonchev–Trinajstić information content (AvgIpc) is 2.79. The van der Waals surface area contributed by atoms with Crippen molar-refractivity contribution >= 4 is 33.7 Å². The Hall–Kier alpha value is -3.12. The van der Waals surface area contributed by atoms with Gasteiger partial charge in [0.15, 0.2) is 0 Å². The zero-order valence-electron chi connectivity index (χ0n) is 16.1. The molecular formula is C28H24. The first kappa shape index (κ1) is 17.0. The lowest BCUT2D eigenvalue weighted by atomic mass is 9.92. The normalized spacial score (nSPS) is 14.3. The van der Waals surface area contributed by atoms with Crippen LogP contribution in [0.25, 0.3) is 33.7 Å². The second kappa shape index (κ2) is 7.48. The zero-order valence-corrected chi connectivity index (χ0v) is 16.1. The van der Waals surface area contributed by atoms with Crippen molar-refractivity contribution in [1.29, 1.82) is 0 Å². The van der Waals surface area contributed by atoms with Crippen LogP contribution in [0.4, 0.5) is 0 Å². The number of benzene rings is 4. The molecule has 0 radical (unpaired) electrons. The standard InChI is InChI=1S/2C14H12/c2*1-3-7-13-11(5-1)9-10-12-6-2-4-8-14(12)13/h2*1,3-5,7-10H,2,6H2. The largest absolute Gasteiger partial charge is 0.0836 e. The predicted molar refractivity (Wildman–Crippen MR) is 123 cm³/mol. The van der Waals surface area contributed by atoms with E-state index in [1.54, 1.807) is 0 Å². The number of allylic oxidation sites excluding steroid dienone is 2. The molecule has 0 aliphatic heterocycles. The molecule has 0 unspecified atom stereocenters. The monoisotopic (exact) mass is 360 g/mol. The molecule has 2 aliphatic carbocycles. The number of rotatable bonds is 0. The smallest absolute Gasteiger partial charge is 0.0109 e. The van der Waals surface area contributed by atoms with Crippen LogP contribution in [0.15, 0.2) is 84.9 Å². The van der Waals surface area contributed by atoms with E-state index in [4.69, 9.17) is 0 Å². The van der Waals surface area contributed by atoms with Gasteiger partial charge in [-0.15, -0.1) is 0 Å². The van der Waals surface area contributed by atoms with Crippen LogP contribution in [0.1, 0.15) is 35.1 Å². The quantitative estimate of drug-likeness (QED) is 0.303. The van der Waals surface area contributed by atoms with E-state index in [0.717, 1.165) is 0 Å². The summed E-state index contributed by atoms with van der Waals surface area (Å²) in [7, 11) is 0. The molecule has 2 aliphatic rings. The number of aryl methyl sites for hydroxylation is 2. The SMILES string of the molecule is C1=Cc2c(ccc3ccccc23)CC1.C1=Cc2c(ccc3ccccc23)CC1. The third kappa shape index (κ3) is 3.16. The summed E-state index contributed by atoms with van der Waals surface area (Å²) in [5.41, 5.74) is 5.83. The van der Waals surface area contributed by atoms with Gasteiger partial charge in [-0.1, -0.05) is 97.1 Å². The first-order chi connectivity index (χ1) is 13.9. The van der Waals surface area contributed by atoms with Crippen molar-refractivity contribution in [2.75, 3.05) is 0 Å². The summed E-state index contributed by atoms with van der Waals surface area (Å²) in [6.45, 7) is 0. The van der Waals surface area contributed by atoms with Crippen molar-refractivity contribution in [2.24, 2.45) is 0 Å². The Balaban J connectivity index is 0.000000122. The summed E-state index contributed by atoms with van der Waals surface area (Å²) in [6, 6.07) is 26.2. The van der Waals surface area contributed by atoms with E-state index in [0.29, 0.717) is 0 Å². The van der Waals surface area contributed by atoms with Gasteiger partial charge in [-0.3, -0.25) is 0 Å². The fourth-order valence-corrected chi connectivity index (χ4v) is 4.39. The highest BCUT2D eigenvalue weighted by molar-refractivity contribution is 5.93. The van der Waals surface area contributed by atoms with Crippen LogP contribution >= 0.6 is 0 Å². The topological polar surface area (TPSA) is 0 Å². The van der Waals surface area contributed by atoms with Crippen molar-refractivity contribution in [3.05, 3.63) is 107 Å². The molecule has 4 aromatic carbocycles. The minimum absolute atomic E-state index is 1.19. The molecule has 6 rings (SSSR count). The van der Waals surface area contributed by atoms with Gasteiger partial charge >= 0.3 is 0 Å². The third-order valence-corrected chi connectivity index (χ3v) is 5.85. The maximum Gasteiger partial charge on any atom is -0.0109 e. The second-order valence-corrected chi connectivity index (χ2v) is 7.60. The zero-order chi connectivity index (χ0) is 18.8. The molecular weight excluding hydrogens is 336 g/mol. The number of hydrogen-bond acceptors (Lipinski definition) is 0. The Kier molecular flexibility index (Phi) is 4.54. The van der Waals surface area contributed by atoms with Crippen LogP contribution in [0.5, 0.6) is 0 Å². The molecule has 0 N–H and O–H groups in total. The highest BCUT2D eigenvalue weighted by Gasteiger charge is 2.08. The fraction of sp³-hybridized carbons (Fsp3) is 0.143. The molecule has 136 valence electrons. The van der Waals surface area contributed by atoms with Gasteiger partial charge in [0.25, 0.3) is 0 Å². The molecule has 28 heavy (non-hydrogen) atoms. The summed E-state index contributed by atoms with van der Waals surface area (Å²) < 4.78 is 0. The van der Waals surface area contributed by atoms with Crippen LogP contribution in [0.2, 0.25) is 0 Å². The van der Waals surface area contributed by atoms with E-state index in [1.807, 2.05) is 0 Å². The molecule has 0 saturated heterocycles. The molecule has 0 spiro atoms. The van der Waals surface area contributed by atoms with Gasteiger partial charge in [0, 0.05) is 0 Å². The molecule has 0 heterocycles. The highest BCUT2D eigenvalue weighted by Crippen LogP contribution is 2.28. The van der Waals surface area contributed by atoms with Gasteiger partial charge in [0.2, 0.25) is 0 Å². The molecule has 0 aromatic heterocycles. The molecule has 0 nitrogen and oxygen atoms in total. The van der Waals surface area contributed by atoms with Gasteiger partial charge in [0.1, 0.15) is 0 Å². The van der Waals surface area contributed by atoms with E-state index in [9.17, 15) is 0 Å². The van der Waals surface area contributed by atoms with Gasteiger partial charge < -0.3 is 0 Å². The van der Waals surface area contributed by atoms with Crippen LogP contribution < -0.4 is 0 Å². The summed E-state index contributed by atoms with van der Waals surface area (Å²) >= 11 is 0. The maximum absolute atomic E-state index is 2.27.